The van der Waals surface area contributed by atoms with Crippen LogP contribution in [0, 0.1) is 0 Å². The molecule has 2 heterocycles. The van der Waals surface area contributed by atoms with E-state index in [-0.39, 0.29) is 30.6 Å². The van der Waals surface area contributed by atoms with E-state index in [9.17, 15) is 9.59 Å². The molecule has 29 heavy (non-hydrogen) atoms. The van der Waals surface area contributed by atoms with Crippen molar-refractivity contribution in [2.45, 2.75) is 63.5 Å². The third-order valence-corrected chi connectivity index (χ3v) is 6.06. The lowest BCUT2D eigenvalue weighted by Gasteiger charge is -2.25. The Hall–Kier alpha value is -2.28. The van der Waals surface area contributed by atoms with Gasteiger partial charge < -0.3 is 14.8 Å². The van der Waals surface area contributed by atoms with Crippen molar-refractivity contribution in [1.82, 2.24) is 15.5 Å². The van der Waals surface area contributed by atoms with Crippen molar-refractivity contribution in [2.75, 3.05) is 26.3 Å². The Morgan fingerprint density at radius 3 is 2.59 bits per heavy atom. The zero-order chi connectivity index (χ0) is 20.1. The lowest BCUT2D eigenvalue weighted by molar-refractivity contribution is -0.121. The van der Waals surface area contributed by atoms with Crippen molar-refractivity contribution in [3.05, 3.63) is 23.8 Å². The summed E-state index contributed by atoms with van der Waals surface area (Å²) in [5.41, 5.74) is 1.13. The average molecular weight is 402 g/mol. The van der Waals surface area contributed by atoms with E-state index in [0.29, 0.717) is 13.2 Å². The third kappa shape index (κ3) is 5.21. The minimum Gasteiger partial charge on any atom is -0.490 e. The van der Waals surface area contributed by atoms with Crippen LogP contribution in [0.3, 0.4) is 0 Å². The fraction of sp³-hybridized carbons (Fsp3) is 0.636. The summed E-state index contributed by atoms with van der Waals surface area (Å²) in [7, 11) is 0. The second-order valence-corrected chi connectivity index (χ2v) is 8.24. The molecule has 2 aliphatic heterocycles. The number of carbonyl (C=O) groups is 2. The second kappa shape index (κ2) is 9.48. The monoisotopic (exact) mass is 401 g/mol. The van der Waals surface area contributed by atoms with Crippen molar-refractivity contribution in [3.8, 4) is 11.5 Å². The van der Waals surface area contributed by atoms with Crippen molar-refractivity contribution in [3.63, 3.8) is 0 Å². The first kappa shape index (κ1) is 20.0. The Morgan fingerprint density at radius 2 is 1.76 bits per heavy atom. The Bertz CT molecular complexity index is 733. The molecule has 3 amide bonds. The molecule has 0 unspecified atom stereocenters. The largest absolute Gasteiger partial charge is 0.490 e. The molecule has 1 saturated heterocycles. The van der Waals surface area contributed by atoms with Crippen LogP contribution in [0.2, 0.25) is 0 Å². The highest BCUT2D eigenvalue weighted by Crippen LogP contribution is 2.37. The predicted octanol–water partition coefficient (Wildman–Crippen LogP) is 3.14. The molecule has 7 nitrogen and oxygen atoms in total. The van der Waals surface area contributed by atoms with Gasteiger partial charge in [-0.3, -0.25) is 15.0 Å². The van der Waals surface area contributed by atoms with Gasteiger partial charge in [-0.25, -0.2) is 4.79 Å². The summed E-state index contributed by atoms with van der Waals surface area (Å²) >= 11 is 0. The zero-order valence-electron chi connectivity index (χ0n) is 17.0. The molecule has 2 fully saturated rings. The lowest BCUT2D eigenvalue weighted by atomic mass is 9.96. The summed E-state index contributed by atoms with van der Waals surface area (Å²) in [4.78, 5) is 26.7. The van der Waals surface area contributed by atoms with E-state index in [1.54, 1.807) is 0 Å². The number of ether oxygens (including phenoxy) is 2. The molecule has 1 aliphatic carbocycles. The van der Waals surface area contributed by atoms with E-state index < -0.39 is 0 Å². The van der Waals surface area contributed by atoms with Crippen LogP contribution in [0.4, 0.5) is 4.79 Å². The maximum atomic E-state index is 12.4. The van der Waals surface area contributed by atoms with Crippen molar-refractivity contribution >= 4 is 11.9 Å². The van der Waals surface area contributed by atoms with E-state index >= 15 is 0 Å². The molecule has 3 aliphatic rings. The number of hydrogen-bond donors (Lipinski definition) is 2. The molecule has 1 aromatic rings. The predicted molar refractivity (Wildman–Crippen MR) is 109 cm³/mol. The fourth-order valence-corrected chi connectivity index (χ4v) is 4.60. The zero-order valence-corrected chi connectivity index (χ0v) is 17.0. The highest BCUT2D eigenvalue weighted by atomic mass is 16.5. The van der Waals surface area contributed by atoms with E-state index in [2.05, 4.69) is 21.6 Å². The second-order valence-electron chi connectivity index (χ2n) is 8.24. The van der Waals surface area contributed by atoms with Crippen molar-refractivity contribution in [2.24, 2.45) is 0 Å². The Labute approximate surface area is 172 Å². The number of nitrogens with zero attached hydrogens (tertiary/aromatic N) is 1. The maximum Gasteiger partial charge on any atom is 0.321 e. The molecule has 0 radical (unpaired) electrons. The number of amides is 3. The number of rotatable bonds is 4. The topological polar surface area (TPSA) is 79.9 Å². The number of likely N-dealkylation sites (tertiary alicyclic amines) is 1. The number of benzene rings is 1. The Kier molecular flexibility index (Phi) is 6.54. The van der Waals surface area contributed by atoms with E-state index in [1.807, 2.05) is 12.1 Å². The molecule has 1 aromatic carbocycles. The fourth-order valence-electron chi connectivity index (χ4n) is 4.60. The van der Waals surface area contributed by atoms with Gasteiger partial charge in [0.2, 0.25) is 5.91 Å². The van der Waals surface area contributed by atoms with Crippen LogP contribution >= 0.6 is 0 Å². The number of imide groups is 1. The van der Waals surface area contributed by atoms with Crippen molar-refractivity contribution in [1.29, 1.82) is 0 Å². The number of nitrogens with one attached hydrogen (secondary N) is 2. The molecule has 2 N–H and O–H groups in total. The van der Waals surface area contributed by atoms with Gasteiger partial charge in [-0.05, 0) is 49.9 Å². The number of hydrogen-bond acceptors (Lipinski definition) is 5. The molecule has 4 rings (SSSR count). The van der Waals surface area contributed by atoms with Crippen LogP contribution in [0.5, 0.6) is 11.5 Å². The normalized spacial score (nSPS) is 22.7. The number of fused-ring (bicyclic) bond motifs is 1. The summed E-state index contributed by atoms with van der Waals surface area (Å²) in [6.07, 6.45) is 8.41. The molecule has 158 valence electrons. The first-order chi connectivity index (χ1) is 14.2. The van der Waals surface area contributed by atoms with E-state index in [0.717, 1.165) is 68.6 Å². The van der Waals surface area contributed by atoms with Gasteiger partial charge in [0.25, 0.3) is 0 Å². The van der Waals surface area contributed by atoms with Gasteiger partial charge in [-0.15, -0.1) is 0 Å². The minimum atomic E-state index is -0.367. The smallest absolute Gasteiger partial charge is 0.321 e. The summed E-state index contributed by atoms with van der Waals surface area (Å²) in [5.74, 6) is 1.32. The van der Waals surface area contributed by atoms with Gasteiger partial charge in [0.1, 0.15) is 0 Å². The third-order valence-electron chi connectivity index (χ3n) is 6.06. The highest BCUT2D eigenvalue weighted by molar-refractivity contribution is 5.95. The van der Waals surface area contributed by atoms with E-state index in [4.69, 9.17) is 9.47 Å². The molecular formula is C22H31N3O4. The van der Waals surface area contributed by atoms with Crippen LogP contribution in [-0.4, -0.2) is 49.2 Å². The first-order valence-corrected chi connectivity index (χ1v) is 10.9. The van der Waals surface area contributed by atoms with Gasteiger partial charge in [0.15, 0.2) is 11.5 Å². The maximum absolute atomic E-state index is 12.4. The summed E-state index contributed by atoms with van der Waals surface area (Å²) in [6.45, 7) is 2.39. The van der Waals surface area contributed by atoms with Crippen LogP contribution in [-0.2, 0) is 4.79 Å². The standard InChI is InChI=1S/C22H31N3O4/c26-21(24-22(27)23-17-6-2-1-3-7-17)15-25-11-4-8-18(25)16-9-10-19-20(14-16)29-13-5-12-28-19/h9-10,14,17-18H,1-8,11-13,15H2,(H2,23,24,26,27)/t18-/m1/s1. The van der Waals surface area contributed by atoms with Crippen LogP contribution in [0.15, 0.2) is 18.2 Å². The number of carbonyl (C=O) groups excluding carboxylic acids is 2. The Balaban J connectivity index is 1.33. The molecule has 0 spiro atoms. The van der Waals surface area contributed by atoms with Crippen LogP contribution < -0.4 is 20.1 Å². The first-order valence-electron chi connectivity index (χ1n) is 10.9. The molecular weight excluding hydrogens is 370 g/mol. The Morgan fingerprint density at radius 1 is 0.966 bits per heavy atom. The van der Waals surface area contributed by atoms with E-state index in [1.165, 1.54) is 6.42 Å². The summed E-state index contributed by atoms with van der Waals surface area (Å²) in [5, 5.41) is 5.45. The summed E-state index contributed by atoms with van der Waals surface area (Å²) in [6, 6.07) is 6.04. The lowest BCUT2D eigenvalue weighted by Crippen LogP contribution is -2.47. The SMILES string of the molecule is O=C(CN1CCC[C@@H]1c1ccc2c(c1)OCCCO2)NC(=O)NC1CCCCC1. The van der Waals surface area contributed by atoms with Gasteiger partial charge in [-0.1, -0.05) is 25.3 Å². The minimum absolute atomic E-state index is 0.152. The van der Waals surface area contributed by atoms with Crippen molar-refractivity contribution < 1.29 is 19.1 Å². The van der Waals surface area contributed by atoms with Crippen LogP contribution in [0.25, 0.3) is 0 Å². The molecule has 0 aromatic heterocycles. The summed E-state index contributed by atoms with van der Waals surface area (Å²) < 4.78 is 11.5. The molecule has 7 heteroatoms. The molecule has 0 bridgehead atoms. The number of urea groups is 1. The van der Waals surface area contributed by atoms with Crippen LogP contribution in [0.1, 0.15) is 63.0 Å². The van der Waals surface area contributed by atoms with Gasteiger partial charge in [-0.2, -0.15) is 0 Å². The average Bonchev–Trinajstić information content (AvgIpc) is 3.03. The van der Waals surface area contributed by atoms with Gasteiger partial charge in [0, 0.05) is 18.5 Å². The highest BCUT2D eigenvalue weighted by Gasteiger charge is 2.29. The quantitative estimate of drug-likeness (QED) is 0.810. The van der Waals surface area contributed by atoms with Gasteiger partial charge in [0.05, 0.1) is 19.8 Å². The van der Waals surface area contributed by atoms with Gasteiger partial charge >= 0.3 is 6.03 Å². The molecule has 1 atom stereocenters. The molecule has 1 saturated carbocycles.